The average Bonchev–Trinajstić information content (AvgIpc) is 2.74. The van der Waals surface area contributed by atoms with Crippen molar-refractivity contribution in [1.82, 2.24) is 9.88 Å². The number of carboxylic acid groups (broad SMARTS) is 1. The molecule has 6 heteroatoms. The van der Waals surface area contributed by atoms with Gasteiger partial charge in [0.2, 0.25) is 0 Å². The second-order valence-electron chi connectivity index (χ2n) is 5.86. The van der Waals surface area contributed by atoms with Gasteiger partial charge in [0.05, 0.1) is 11.7 Å². The van der Waals surface area contributed by atoms with Crippen LogP contribution < -0.4 is 0 Å². The van der Waals surface area contributed by atoms with E-state index >= 15 is 0 Å². The summed E-state index contributed by atoms with van der Waals surface area (Å²) in [7, 11) is 2.09. The summed E-state index contributed by atoms with van der Waals surface area (Å²) < 4.78 is 0. The van der Waals surface area contributed by atoms with Crippen LogP contribution in [0.25, 0.3) is 0 Å². The number of thioether (sulfide) groups is 1. The van der Waals surface area contributed by atoms with Crippen LogP contribution in [0, 0.1) is 0 Å². The number of carbonyl (C=O) groups is 1. The van der Waals surface area contributed by atoms with Crippen molar-refractivity contribution in [3.63, 3.8) is 0 Å². The summed E-state index contributed by atoms with van der Waals surface area (Å²) in [5.74, 6) is 1.27. The van der Waals surface area contributed by atoms with Gasteiger partial charge >= 0.3 is 5.97 Å². The van der Waals surface area contributed by atoms with E-state index in [9.17, 15) is 9.90 Å². The fourth-order valence-electron chi connectivity index (χ4n) is 2.08. The molecule has 1 fully saturated rings. The van der Waals surface area contributed by atoms with E-state index in [0.717, 1.165) is 23.1 Å². The van der Waals surface area contributed by atoms with Gasteiger partial charge in [-0.3, -0.25) is 4.90 Å². The number of thiazole rings is 1. The Kier molecular flexibility index (Phi) is 4.23. The van der Waals surface area contributed by atoms with E-state index in [1.54, 1.807) is 0 Å². The predicted octanol–water partition coefficient (Wildman–Crippen LogP) is 2.86. The second-order valence-corrected chi connectivity index (χ2v) is 8.04. The van der Waals surface area contributed by atoms with Crippen LogP contribution in [0.2, 0.25) is 0 Å². The van der Waals surface area contributed by atoms with Crippen molar-refractivity contribution < 1.29 is 9.90 Å². The molecule has 0 amide bonds. The van der Waals surface area contributed by atoms with Crippen LogP contribution in [0.3, 0.4) is 0 Å². The molecule has 0 bridgehead atoms. The highest BCUT2D eigenvalue weighted by atomic mass is 32.2. The minimum absolute atomic E-state index is 0.233. The average molecular weight is 300 g/mol. The lowest BCUT2D eigenvalue weighted by atomic mass is 9.91. The maximum absolute atomic E-state index is 11.4. The molecule has 1 atom stereocenters. The summed E-state index contributed by atoms with van der Waals surface area (Å²) >= 11 is 3.25. The van der Waals surface area contributed by atoms with E-state index in [1.807, 2.05) is 32.5 Å². The molecule has 1 saturated heterocycles. The zero-order valence-electron chi connectivity index (χ0n) is 11.8. The van der Waals surface area contributed by atoms with Crippen molar-refractivity contribution in [2.24, 2.45) is 0 Å². The van der Waals surface area contributed by atoms with Gasteiger partial charge in [-0.2, -0.15) is 11.8 Å². The highest BCUT2D eigenvalue weighted by Gasteiger charge is 2.31. The fraction of sp³-hybridized carbons (Fsp3) is 0.692. The van der Waals surface area contributed by atoms with Crippen LogP contribution in [-0.4, -0.2) is 46.1 Å². The zero-order valence-corrected chi connectivity index (χ0v) is 13.4. The lowest BCUT2D eigenvalue weighted by Crippen LogP contribution is -2.32. The first-order chi connectivity index (χ1) is 8.80. The Morgan fingerprint density at radius 3 is 2.63 bits per heavy atom. The molecule has 1 aromatic rings. The SMILES string of the molecule is CN1CCSCC1c1nc(C(C)(C)C)c(C(=O)O)s1. The van der Waals surface area contributed by atoms with Crippen LogP contribution in [0.5, 0.6) is 0 Å². The van der Waals surface area contributed by atoms with Crippen molar-refractivity contribution >= 4 is 29.1 Å². The highest BCUT2D eigenvalue weighted by Crippen LogP contribution is 2.36. The van der Waals surface area contributed by atoms with Crippen LogP contribution in [0.4, 0.5) is 0 Å². The Bertz CT molecular complexity index is 479. The maximum atomic E-state index is 11.4. The van der Waals surface area contributed by atoms with Gasteiger partial charge in [0.1, 0.15) is 9.88 Å². The van der Waals surface area contributed by atoms with Gasteiger partial charge in [-0.1, -0.05) is 20.8 Å². The quantitative estimate of drug-likeness (QED) is 0.910. The molecule has 1 aromatic heterocycles. The summed E-state index contributed by atoms with van der Waals surface area (Å²) in [6.07, 6.45) is 0. The number of aromatic nitrogens is 1. The molecule has 0 saturated carbocycles. The monoisotopic (exact) mass is 300 g/mol. The van der Waals surface area contributed by atoms with Gasteiger partial charge in [0, 0.05) is 23.5 Å². The van der Waals surface area contributed by atoms with E-state index in [4.69, 9.17) is 0 Å². The van der Waals surface area contributed by atoms with Crippen LogP contribution in [0.1, 0.15) is 47.2 Å². The Balaban J connectivity index is 2.40. The van der Waals surface area contributed by atoms with Crippen LogP contribution in [-0.2, 0) is 5.41 Å². The van der Waals surface area contributed by atoms with Crippen molar-refractivity contribution in [2.75, 3.05) is 25.1 Å². The van der Waals surface area contributed by atoms with Gasteiger partial charge in [0.25, 0.3) is 0 Å². The molecule has 106 valence electrons. The summed E-state index contributed by atoms with van der Waals surface area (Å²) in [4.78, 5) is 18.7. The molecular formula is C13H20N2O2S2. The van der Waals surface area contributed by atoms with Crippen molar-refractivity contribution in [1.29, 1.82) is 0 Å². The third-order valence-electron chi connectivity index (χ3n) is 3.23. The zero-order chi connectivity index (χ0) is 14.2. The van der Waals surface area contributed by atoms with Crippen molar-refractivity contribution in [3.05, 3.63) is 15.6 Å². The van der Waals surface area contributed by atoms with Gasteiger partial charge in [0.15, 0.2) is 0 Å². The van der Waals surface area contributed by atoms with E-state index < -0.39 is 5.97 Å². The first-order valence-electron chi connectivity index (χ1n) is 6.33. The van der Waals surface area contributed by atoms with Gasteiger partial charge in [-0.15, -0.1) is 11.3 Å². The lowest BCUT2D eigenvalue weighted by Gasteiger charge is -2.30. The molecule has 0 radical (unpaired) electrons. The van der Waals surface area contributed by atoms with Crippen molar-refractivity contribution in [3.8, 4) is 0 Å². The van der Waals surface area contributed by atoms with Gasteiger partial charge in [-0.25, -0.2) is 9.78 Å². The third kappa shape index (κ3) is 3.12. The lowest BCUT2D eigenvalue weighted by molar-refractivity contribution is 0.0699. The number of hydrogen-bond donors (Lipinski definition) is 1. The largest absolute Gasteiger partial charge is 0.477 e. The molecule has 0 spiro atoms. The molecule has 2 heterocycles. The maximum Gasteiger partial charge on any atom is 0.347 e. The normalized spacial score (nSPS) is 21.6. The van der Waals surface area contributed by atoms with Crippen LogP contribution in [0.15, 0.2) is 0 Å². The predicted molar refractivity (Wildman–Crippen MR) is 80.5 cm³/mol. The van der Waals surface area contributed by atoms with E-state index in [1.165, 1.54) is 11.3 Å². The number of aromatic carboxylic acids is 1. The standard InChI is InChI=1S/C13H20N2O2S2/c1-13(2,3)10-9(12(16)17)19-11(14-10)8-7-18-6-5-15(8)4/h8H,5-7H2,1-4H3,(H,16,17). The molecule has 1 N–H and O–H groups in total. The molecule has 0 aromatic carbocycles. The Hall–Kier alpha value is -0.590. The van der Waals surface area contributed by atoms with E-state index in [2.05, 4.69) is 16.9 Å². The Labute approximate surface area is 122 Å². The fourth-order valence-corrected chi connectivity index (χ4v) is 4.68. The van der Waals surface area contributed by atoms with Gasteiger partial charge < -0.3 is 5.11 Å². The first-order valence-corrected chi connectivity index (χ1v) is 8.30. The molecule has 19 heavy (non-hydrogen) atoms. The molecule has 4 nitrogen and oxygen atoms in total. The number of hydrogen-bond acceptors (Lipinski definition) is 5. The molecule has 1 unspecified atom stereocenters. The topological polar surface area (TPSA) is 53.4 Å². The number of carboxylic acids is 1. The summed E-state index contributed by atoms with van der Waals surface area (Å²) in [5, 5.41) is 10.3. The Morgan fingerprint density at radius 2 is 2.16 bits per heavy atom. The van der Waals surface area contributed by atoms with E-state index in [0.29, 0.717) is 10.6 Å². The summed E-state index contributed by atoms with van der Waals surface area (Å²) in [5.41, 5.74) is 0.479. The Morgan fingerprint density at radius 1 is 1.47 bits per heavy atom. The molecular weight excluding hydrogens is 280 g/mol. The summed E-state index contributed by atoms with van der Waals surface area (Å²) in [6.45, 7) is 7.06. The third-order valence-corrected chi connectivity index (χ3v) is 5.40. The molecule has 1 aliphatic rings. The number of rotatable bonds is 2. The summed E-state index contributed by atoms with van der Waals surface area (Å²) in [6, 6.07) is 0.248. The first kappa shape index (κ1) is 14.8. The smallest absolute Gasteiger partial charge is 0.347 e. The molecule has 0 aliphatic carbocycles. The van der Waals surface area contributed by atoms with Crippen LogP contribution >= 0.6 is 23.1 Å². The second kappa shape index (κ2) is 5.42. The van der Waals surface area contributed by atoms with Crippen molar-refractivity contribution in [2.45, 2.75) is 32.2 Å². The highest BCUT2D eigenvalue weighted by molar-refractivity contribution is 7.99. The number of nitrogens with zero attached hydrogens (tertiary/aromatic N) is 2. The minimum Gasteiger partial charge on any atom is -0.477 e. The molecule has 1 aliphatic heterocycles. The molecule has 2 rings (SSSR count). The van der Waals surface area contributed by atoms with E-state index in [-0.39, 0.29) is 11.5 Å². The van der Waals surface area contributed by atoms with Gasteiger partial charge in [-0.05, 0) is 7.05 Å². The minimum atomic E-state index is -0.861.